The average Bonchev–Trinajstić information content (AvgIpc) is 2.31. The summed E-state index contributed by atoms with van der Waals surface area (Å²) in [6, 6.07) is 7.66. The summed E-state index contributed by atoms with van der Waals surface area (Å²) in [6.45, 7) is 6.62. The van der Waals surface area contributed by atoms with Gasteiger partial charge < -0.3 is 0 Å². The molecule has 0 aliphatic heterocycles. The summed E-state index contributed by atoms with van der Waals surface area (Å²) in [5.41, 5.74) is 3.40. The first-order chi connectivity index (χ1) is 8.99. The Hall–Kier alpha value is -1.61. The van der Waals surface area contributed by atoms with E-state index >= 15 is 0 Å². The van der Waals surface area contributed by atoms with Crippen LogP contribution in [0, 0.1) is 13.8 Å². The molecular weight excluding hydrogens is 260 g/mol. The molecule has 0 atom stereocenters. The van der Waals surface area contributed by atoms with Gasteiger partial charge in [0.25, 0.3) is 5.56 Å². The van der Waals surface area contributed by atoms with Gasteiger partial charge in [0.1, 0.15) is 11.0 Å². The van der Waals surface area contributed by atoms with Gasteiger partial charge in [-0.15, -0.1) is 0 Å². The first-order valence-electron chi connectivity index (χ1n) is 6.33. The van der Waals surface area contributed by atoms with Crippen molar-refractivity contribution in [3.8, 4) is 0 Å². The second kappa shape index (κ2) is 5.57. The highest BCUT2D eigenvalue weighted by Gasteiger charge is 2.07. The van der Waals surface area contributed by atoms with Crippen LogP contribution in [-0.2, 0) is 13.0 Å². The Morgan fingerprint density at radius 2 is 1.79 bits per heavy atom. The molecule has 0 radical (unpaired) electrons. The van der Waals surface area contributed by atoms with E-state index in [1.165, 1.54) is 17.2 Å². The predicted molar refractivity (Wildman–Crippen MR) is 77.9 cm³/mol. The molecule has 0 saturated carbocycles. The van der Waals surface area contributed by atoms with Gasteiger partial charge in [-0.1, -0.05) is 47.9 Å². The van der Waals surface area contributed by atoms with Gasteiger partial charge in [0.15, 0.2) is 0 Å². The molecule has 0 aliphatic carbocycles. The Labute approximate surface area is 117 Å². The molecule has 0 unspecified atom stereocenters. The smallest absolute Gasteiger partial charge is 0.255 e. The third-order valence-electron chi connectivity index (χ3n) is 2.99. The van der Waals surface area contributed by atoms with E-state index in [0.29, 0.717) is 13.0 Å². The van der Waals surface area contributed by atoms with Crippen molar-refractivity contribution in [3.63, 3.8) is 0 Å². The molecule has 0 bridgehead atoms. The van der Waals surface area contributed by atoms with Crippen LogP contribution in [0.1, 0.15) is 29.4 Å². The maximum absolute atomic E-state index is 12.0. The molecule has 2 rings (SSSR count). The van der Waals surface area contributed by atoms with Crippen LogP contribution in [0.2, 0.25) is 5.15 Å². The van der Waals surface area contributed by atoms with E-state index in [0.717, 1.165) is 11.4 Å². The van der Waals surface area contributed by atoms with E-state index in [-0.39, 0.29) is 10.7 Å². The molecule has 1 aromatic carbocycles. The second-order valence-corrected chi connectivity index (χ2v) is 5.16. The fourth-order valence-corrected chi connectivity index (χ4v) is 2.50. The molecule has 2 aromatic rings. The number of aromatic nitrogens is 2. The van der Waals surface area contributed by atoms with Crippen LogP contribution in [0.5, 0.6) is 0 Å². The van der Waals surface area contributed by atoms with Gasteiger partial charge in [-0.2, -0.15) is 0 Å². The number of aryl methyl sites for hydroxylation is 3. The van der Waals surface area contributed by atoms with E-state index in [1.807, 2.05) is 6.92 Å². The number of benzene rings is 1. The Kier molecular flexibility index (Phi) is 4.05. The lowest BCUT2D eigenvalue weighted by Crippen LogP contribution is -2.24. The first kappa shape index (κ1) is 13.8. The average molecular weight is 277 g/mol. The van der Waals surface area contributed by atoms with Crippen LogP contribution in [0.4, 0.5) is 0 Å². The van der Waals surface area contributed by atoms with E-state index < -0.39 is 0 Å². The number of hydrogen-bond acceptors (Lipinski definition) is 2. The Bertz CT molecular complexity index is 641. The zero-order valence-corrected chi connectivity index (χ0v) is 12.2. The maximum Gasteiger partial charge on any atom is 0.255 e. The lowest BCUT2D eigenvalue weighted by molar-refractivity contribution is 0.674. The molecular formula is C15H17ClN2O. The summed E-state index contributed by atoms with van der Waals surface area (Å²) < 4.78 is 1.68. The standard InChI is InChI=1S/C15H17ClN2O/c1-4-14-17-13(16)8-15(19)18(14)9-12-6-10(2)5-11(3)7-12/h5-8H,4,9H2,1-3H3. The van der Waals surface area contributed by atoms with Gasteiger partial charge in [-0.3, -0.25) is 9.36 Å². The van der Waals surface area contributed by atoms with Gasteiger partial charge >= 0.3 is 0 Å². The molecule has 4 heteroatoms. The monoisotopic (exact) mass is 276 g/mol. The predicted octanol–water partition coefficient (Wildman–Crippen LogP) is 3.12. The molecule has 0 N–H and O–H groups in total. The van der Waals surface area contributed by atoms with Crippen molar-refractivity contribution in [1.29, 1.82) is 0 Å². The third-order valence-corrected chi connectivity index (χ3v) is 3.19. The maximum atomic E-state index is 12.0. The van der Waals surface area contributed by atoms with Crippen molar-refractivity contribution >= 4 is 11.6 Å². The largest absolute Gasteiger partial charge is 0.292 e. The van der Waals surface area contributed by atoms with Crippen molar-refractivity contribution in [1.82, 2.24) is 9.55 Å². The van der Waals surface area contributed by atoms with Crippen molar-refractivity contribution in [2.75, 3.05) is 0 Å². The number of rotatable bonds is 3. The summed E-state index contributed by atoms with van der Waals surface area (Å²) >= 11 is 5.83. The summed E-state index contributed by atoms with van der Waals surface area (Å²) in [6.07, 6.45) is 0.681. The SMILES string of the molecule is CCc1nc(Cl)cc(=O)n1Cc1cc(C)cc(C)c1. The summed E-state index contributed by atoms with van der Waals surface area (Å²) in [4.78, 5) is 16.3. The van der Waals surface area contributed by atoms with Gasteiger partial charge in [-0.05, 0) is 19.4 Å². The summed E-state index contributed by atoms with van der Waals surface area (Å²) in [5.74, 6) is 0.719. The highest BCUT2D eigenvalue weighted by molar-refractivity contribution is 6.29. The topological polar surface area (TPSA) is 34.9 Å². The van der Waals surface area contributed by atoms with E-state index in [9.17, 15) is 4.79 Å². The number of nitrogens with zero attached hydrogens (tertiary/aromatic N) is 2. The molecule has 1 heterocycles. The minimum atomic E-state index is -0.101. The van der Waals surface area contributed by atoms with Crippen LogP contribution in [0.25, 0.3) is 0 Å². The minimum Gasteiger partial charge on any atom is -0.292 e. The van der Waals surface area contributed by atoms with Gasteiger partial charge in [0, 0.05) is 12.5 Å². The first-order valence-corrected chi connectivity index (χ1v) is 6.71. The fraction of sp³-hybridized carbons (Fsp3) is 0.333. The molecule has 0 amide bonds. The molecule has 0 spiro atoms. The zero-order valence-electron chi connectivity index (χ0n) is 11.4. The van der Waals surface area contributed by atoms with Crippen molar-refractivity contribution in [2.24, 2.45) is 0 Å². The molecule has 0 fully saturated rings. The van der Waals surface area contributed by atoms with Crippen LogP contribution < -0.4 is 5.56 Å². The van der Waals surface area contributed by atoms with Crippen LogP contribution in [0.3, 0.4) is 0 Å². The molecule has 3 nitrogen and oxygen atoms in total. The normalized spacial score (nSPS) is 10.7. The zero-order chi connectivity index (χ0) is 14.0. The van der Waals surface area contributed by atoms with E-state index in [2.05, 4.69) is 37.0 Å². The second-order valence-electron chi connectivity index (χ2n) is 4.77. The Balaban J connectivity index is 2.46. The fourth-order valence-electron chi connectivity index (χ4n) is 2.30. The molecule has 100 valence electrons. The van der Waals surface area contributed by atoms with Gasteiger partial charge in [0.2, 0.25) is 0 Å². The summed E-state index contributed by atoms with van der Waals surface area (Å²) in [5, 5.41) is 0.263. The van der Waals surface area contributed by atoms with E-state index in [4.69, 9.17) is 11.6 Å². The number of hydrogen-bond donors (Lipinski definition) is 0. The van der Waals surface area contributed by atoms with Crippen LogP contribution >= 0.6 is 11.6 Å². The quantitative estimate of drug-likeness (QED) is 0.808. The third kappa shape index (κ3) is 3.24. The Morgan fingerprint density at radius 3 is 2.37 bits per heavy atom. The van der Waals surface area contributed by atoms with Crippen molar-refractivity contribution < 1.29 is 0 Å². The lowest BCUT2D eigenvalue weighted by Gasteiger charge is -2.12. The highest BCUT2D eigenvalue weighted by atomic mass is 35.5. The molecule has 19 heavy (non-hydrogen) atoms. The summed E-state index contributed by atoms with van der Waals surface area (Å²) in [7, 11) is 0. The molecule has 0 aliphatic rings. The highest BCUT2D eigenvalue weighted by Crippen LogP contribution is 2.11. The van der Waals surface area contributed by atoms with E-state index in [1.54, 1.807) is 4.57 Å². The van der Waals surface area contributed by atoms with Gasteiger partial charge in [-0.25, -0.2) is 4.98 Å². The van der Waals surface area contributed by atoms with Crippen molar-refractivity contribution in [3.05, 3.63) is 62.3 Å². The van der Waals surface area contributed by atoms with Crippen LogP contribution in [-0.4, -0.2) is 9.55 Å². The van der Waals surface area contributed by atoms with Crippen LogP contribution in [0.15, 0.2) is 29.1 Å². The van der Waals surface area contributed by atoms with Crippen molar-refractivity contribution in [2.45, 2.75) is 33.7 Å². The van der Waals surface area contributed by atoms with Gasteiger partial charge in [0.05, 0.1) is 6.54 Å². The molecule has 0 saturated heterocycles. The minimum absolute atomic E-state index is 0.101. The number of halogens is 1. The lowest BCUT2D eigenvalue weighted by atomic mass is 10.1. The Morgan fingerprint density at radius 1 is 1.16 bits per heavy atom. The molecule has 1 aromatic heterocycles.